The highest BCUT2D eigenvalue weighted by atomic mass is 32.2. The van der Waals surface area contributed by atoms with E-state index in [2.05, 4.69) is 68.8 Å². The van der Waals surface area contributed by atoms with Gasteiger partial charge in [-0.05, 0) is 80.1 Å². The molecule has 0 bridgehead atoms. The lowest BCUT2D eigenvalue weighted by molar-refractivity contribution is -0.112. The van der Waals surface area contributed by atoms with Crippen molar-refractivity contribution in [2.75, 3.05) is 51.2 Å². The number of sulfonamides is 1. The lowest BCUT2D eigenvalue weighted by atomic mass is 9.69. The fourth-order valence-corrected chi connectivity index (χ4v) is 7.42. The molecule has 1 atom stereocenters. The molecule has 2 heterocycles. The highest BCUT2D eigenvalue weighted by Crippen LogP contribution is 2.43. The van der Waals surface area contributed by atoms with Gasteiger partial charge in [-0.15, -0.1) is 0 Å². The number of hydrogen-bond acceptors (Lipinski definition) is 5. The zero-order chi connectivity index (χ0) is 28.4. The molecule has 0 aliphatic carbocycles. The van der Waals surface area contributed by atoms with Crippen LogP contribution in [-0.4, -0.2) is 69.7 Å². The number of benzene rings is 2. The molecule has 0 saturated carbocycles. The first-order valence-corrected chi connectivity index (χ1v) is 15.6. The highest BCUT2D eigenvalue weighted by Gasteiger charge is 2.42. The Morgan fingerprint density at radius 2 is 1.56 bits per heavy atom. The van der Waals surface area contributed by atoms with Crippen molar-refractivity contribution in [3.63, 3.8) is 0 Å². The molecule has 0 spiro atoms. The summed E-state index contributed by atoms with van der Waals surface area (Å²) in [6.45, 7) is 15.0. The average Bonchev–Trinajstić information content (AvgIpc) is 2.90. The lowest BCUT2D eigenvalue weighted by Crippen LogP contribution is -2.48. The number of hydrogen-bond donors (Lipinski definition) is 0. The standard InChI is InChI=1S/C32H45N3O3S/c1-7-32(23-26-8-12-29(13-9-26)34-20-18-33(6)19-21-34)24-35(17-16-28(32)22-25(2)36)39(37,38)30-14-10-27(11-15-30)31(3,4)5/h8-15,22H,7,16-21,23-24H2,1-6H3/b28-22-. The van der Waals surface area contributed by atoms with E-state index in [1.165, 1.54) is 5.69 Å². The van der Waals surface area contributed by atoms with E-state index in [-0.39, 0.29) is 11.2 Å². The third kappa shape index (κ3) is 6.64. The van der Waals surface area contributed by atoms with Gasteiger partial charge in [0.05, 0.1) is 4.90 Å². The van der Waals surface area contributed by atoms with Gasteiger partial charge in [0.25, 0.3) is 0 Å². The van der Waals surface area contributed by atoms with Crippen molar-refractivity contribution in [3.05, 3.63) is 71.3 Å². The van der Waals surface area contributed by atoms with Crippen LogP contribution in [0.1, 0.15) is 58.6 Å². The summed E-state index contributed by atoms with van der Waals surface area (Å²) in [5.41, 5.74) is 4.08. The summed E-state index contributed by atoms with van der Waals surface area (Å²) in [7, 11) is -1.51. The normalized spacial score (nSPS) is 22.8. The van der Waals surface area contributed by atoms with Crippen molar-refractivity contribution < 1.29 is 13.2 Å². The van der Waals surface area contributed by atoms with Crippen molar-refractivity contribution in [2.45, 2.75) is 64.2 Å². The van der Waals surface area contributed by atoms with Crippen LogP contribution in [0, 0.1) is 5.41 Å². The van der Waals surface area contributed by atoms with Crippen LogP contribution in [0.25, 0.3) is 0 Å². The minimum Gasteiger partial charge on any atom is -0.369 e. The number of carbonyl (C=O) groups excluding carboxylic acids is 1. The molecular weight excluding hydrogens is 506 g/mol. The summed E-state index contributed by atoms with van der Waals surface area (Å²) >= 11 is 0. The quantitative estimate of drug-likeness (QED) is 0.438. The molecule has 4 rings (SSSR count). The van der Waals surface area contributed by atoms with Crippen LogP contribution in [0.4, 0.5) is 5.69 Å². The number of allylic oxidation sites excluding steroid dienone is 1. The van der Waals surface area contributed by atoms with Gasteiger partial charge in [-0.2, -0.15) is 4.31 Å². The maximum absolute atomic E-state index is 13.8. The Balaban J connectivity index is 1.60. The molecule has 2 aliphatic heterocycles. The molecule has 0 N–H and O–H groups in total. The van der Waals surface area contributed by atoms with Crippen molar-refractivity contribution in [1.82, 2.24) is 9.21 Å². The first-order valence-electron chi connectivity index (χ1n) is 14.2. The molecule has 212 valence electrons. The molecule has 0 radical (unpaired) electrons. The topological polar surface area (TPSA) is 60.9 Å². The smallest absolute Gasteiger partial charge is 0.243 e. The summed E-state index contributed by atoms with van der Waals surface area (Å²) in [6, 6.07) is 16.0. The third-order valence-electron chi connectivity index (χ3n) is 8.55. The van der Waals surface area contributed by atoms with E-state index in [4.69, 9.17) is 0 Å². The summed E-state index contributed by atoms with van der Waals surface area (Å²) in [5, 5.41) is 0. The van der Waals surface area contributed by atoms with Crippen LogP contribution in [0.15, 0.2) is 65.1 Å². The monoisotopic (exact) mass is 551 g/mol. The molecule has 6 nitrogen and oxygen atoms in total. The van der Waals surface area contributed by atoms with Crippen molar-refractivity contribution in [3.8, 4) is 0 Å². The number of nitrogens with zero attached hydrogens (tertiary/aromatic N) is 3. The van der Waals surface area contributed by atoms with Crippen molar-refractivity contribution in [1.29, 1.82) is 0 Å². The number of likely N-dealkylation sites (N-methyl/N-ethyl adjacent to an activating group) is 1. The van der Waals surface area contributed by atoms with E-state index < -0.39 is 15.4 Å². The number of ketones is 1. The Bertz CT molecular complexity index is 1290. The van der Waals surface area contributed by atoms with Gasteiger partial charge in [-0.25, -0.2) is 8.42 Å². The van der Waals surface area contributed by atoms with Gasteiger partial charge in [0.1, 0.15) is 0 Å². The summed E-state index contributed by atoms with van der Waals surface area (Å²) < 4.78 is 29.3. The second-order valence-electron chi connectivity index (χ2n) is 12.4. The van der Waals surface area contributed by atoms with E-state index in [0.29, 0.717) is 30.8 Å². The second kappa shape index (κ2) is 11.6. The van der Waals surface area contributed by atoms with E-state index in [9.17, 15) is 13.2 Å². The summed E-state index contributed by atoms with van der Waals surface area (Å²) in [4.78, 5) is 17.3. The van der Waals surface area contributed by atoms with Crippen LogP contribution in [0.3, 0.4) is 0 Å². The van der Waals surface area contributed by atoms with Gasteiger partial charge >= 0.3 is 0 Å². The van der Waals surface area contributed by atoms with Crippen LogP contribution < -0.4 is 4.90 Å². The molecule has 2 aliphatic rings. The Labute approximate surface area is 235 Å². The van der Waals surface area contributed by atoms with Crippen LogP contribution in [0.2, 0.25) is 0 Å². The number of carbonyl (C=O) groups is 1. The molecule has 2 fully saturated rings. The Morgan fingerprint density at radius 1 is 0.949 bits per heavy atom. The van der Waals surface area contributed by atoms with Crippen LogP contribution >= 0.6 is 0 Å². The molecule has 2 aromatic carbocycles. The van der Waals surface area contributed by atoms with Crippen molar-refractivity contribution in [2.24, 2.45) is 5.41 Å². The van der Waals surface area contributed by atoms with E-state index in [0.717, 1.165) is 49.3 Å². The fraction of sp³-hybridized carbons (Fsp3) is 0.531. The number of piperazine rings is 1. The SMILES string of the molecule is CCC1(Cc2ccc(N3CCN(C)CC3)cc2)CN(S(=O)(=O)c2ccc(C(C)(C)C)cc2)CC/C1=C/C(C)=O. The van der Waals surface area contributed by atoms with Gasteiger partial charge in [-0.1, -0.05) is 57.5 Å². The first-order chi connectivity index (χ1) is 18.3. The Morgan fingerprint density at radius 3 is 2.10 bits per heavy atom. The number of anilines is 1. The predicted molar refractivity (Wildman–Crippen MR) is 160 cm³/mol. The third-order valence-corrected chi connectivity index (χ3v) is 10.4. The zero-order valence-corrected chi connectivity index (χ0v) is 25.4. The van der Waals surface area contributed by atoms with E-state index in [1.807, 2.05) is 12.1 Å². The van der Waals surface area contributed by atoms with Crippen molar-refractivity contribution >= 4 is 21.5 Å². The van der Waals surface area contributed by atoms with Crippen LogP contribution in [-0.2, 0) is 26.7 Å². The van der Waals surface area contributed by atoms with Gasteiger partial charge in [-0.3, -0.25) is 4.79 Å². The molecule has 0 amide bonds. The highest BCUT2D eigenvalue weighted by molar-refractivity contribution is 7.89. The maximum atomic E-state index is 13.8. The Kier molecular flexibility index (Phi) is 8.74. The van der Waals surface area contributed by atoms with E-state index in [1.54, 1.807) is 29.4 Å². The molecule has 1 unspecified atom stereocenters. The minimum atomic E-state index is -3.66. The predicted octanol–water partition coefficient (Wildman–Crippen LogP) is 5.28. The zero-order valence-electron chi connectivity index (χ0n) is 24.5. The number of rotatable bonds is 7. The van der Waals surface area contributed by atoms with E-state index >= 15 is 0 Å². The van der Waals surface area contributed by atoms with Gasteiger partial charge < -0.3 is 9.80 Å². The molecule has 39 heavy (non-hydrogen) atoms. The molecule has 0 aromatic heterocycles. The van der Waals surface area contributed by atoms with Gasteiger partial charge in [0.15, 0.2) is 5.78 Å². The lowest BCUT2D eigenvalue weighted by Gasteiger charge is -2.44. The number of piperidine rings is 1. The average molecular weight is 552 g/mol. The summed E-state index contributed by atoms with van der Waals surface area (Å²) in [5.74, 6) is 0.0160. The van der Waals surface area contributed by atoms with Crippen LogP contribution in [0.5, 0.6) is 0 Å². The Hall–Kier alpha value is -2.48. The summed E-state index contributed by atoms with van der Waals surface area (Å²) in [6.07, 6.45) is 3.76. The second-order valence-corrected chi connectivity index (χ2v) is 14.3. The molecule has 2 saturated heterocycles. The fourth-order valence-electron chi connectivity index (χ4n) is 5.89. The van der Waals surface area contributed by atoms with Gasteiger partial charge in [0, 0.05) is 50.4 Å². The molecule has 7 heteroatoms. The molecular formula is C32H45N3O3S. The van der Waals surface area contributed by atoms with Gasteiger partial charge in [0.2, 0.25) is 10.0 Å². The minimum absolute atomic E-state index is 0.0160. The largest absolute Gasteiger partial charge is 0.369 e. The maximum Gasteiger partial charge on any atom is 0.243 e. The first kappa shape index (κ1) is 29.5. The molecule has 2 aromatic rings.